The Morgan fingerprint density at radius 2 is 2.00 bits per heavy atom. The van der Waals surface area contributed by atoms with E-state index >= 15 is 0 Å². The Kier molecular flexibility index (Phi) is 6.17. The van der Waals surface area contributed by atoms with E-state index in [2.05, 4.69) is 11.3 Å². The van der Waals surface area contributed by atoms with E-state index in [0.29, 0.717) is 0 Å². The fourth-order valence-corrected chi connectivity index (χ4v) is 1.45. The summed E-state index contributed by atoms with van der Waals surface area (Å²) in [4.78, 5) is 11.0. The lowest BCUT2D eigenvalue weighted by Crippen LogP contribution is -2.70. The molecule has 0 saturated carbocycles. The minimum atomic E-state index is -2.35. The van der Waals surface area contributed by atoms with E-state index in [-0.39, 0.29) is 12.4 Å². The summed E-state index contributed by atoms with van der Waals surface area (Å²) in [6, 6.07) is 0. The average Bonchev–Trinajstić information content (AvgIpc) is 2.31. The third-order valence-electron chi connectivity index (χ3n) is 2.41. The number of aliphatic hydroxyl groups is 4. The molecule has 0 aliphatic carbocycles. The summed E-state index contributed by atoms with van der Waals surface area (Å²) in [5.41, 5.74) is 5.45. The Morgan fingerprint density at radius 1 is 1.44 bits per heavy atom. The molecule has 1 rings (SSSR count). The molecular formula is C9H16ClNO7. The number of halogens is 1. The summed E-state index contributed by atoms with van der Waals surface area (Å²) < 4.78 is 9.42. The molecule has 5 atom stereocenters. The van der Waals surface area contributed by atoms with Crippen LogP contribution in [0.4, 0.5) is 0 Å². The van der Waals surface area contributed by atoms with Crippen molar-refractivity contribution in [2.24, 2.45) is 5.73 Å². The fraction of sp³-hybridized carbons (Fsp3) is 0.667. The number of hydrogen-bond acceptors (Lipinski definition) is 8. The third-order valence-corrected chi connectivity index (χ3v) is 2.41. The van der Waals surface area contributed by atoms with Crippen molar-refractivity contribution in [2.45, 2.75) is 30.3 Å². The van der Waals surface area contributed by atoms with Gasteiger partial charge in [0.2, 0.25) is 0 Å². The molecule has 1 saturated heterocycles. The topological polar surface area (TPSA) is 142 Å². The molecule has 106 valence electrons. The van der Waals surface area contributed by atoms with Crippen LogP contribution in [-0.2, 0) is 14.3 Å². The molecule has 1 aliphatic rings. The lowest BCUT2D eigenvalue weighted by Gasteiger charge is -2.44. The van der Waals surface area contributed by atoms with E-state index in [0.717, 1.165) is 6.08 Å². The van der Waals surface area contributed by atoms with Gasteiger partial charge in [0, 0.05) is 6.08 Å². The molecule has 0 aromatic carbocycles. The molecule has 0 spiro atoms. The van der Waals surface area contributed by atoms with E-state index < -0.39 is 42.9 Å². The Bertz CT molecular complexity index is 313. The smallest absolute Gasteiger partial charge is 0.333 e. The predicted octanol–water partition coefficient (Wildman–Crippen LogP) is -2.78. The summed E-state index contributed by atoms with van der Waals surface area (Å²) in [6.07, 6.45) is -5.62. The molecule has 1 aliphatic heterocycles. The summed E-state index contributed by atoms with van der Waals surface area (Å²) in [7, 11) is 0. The number of nitrogens with two attached hydrogens (primary N) is 1. The lowest BCUT2D eigenvalue weighted by molar-refractivity contribution is -0.348. The Morgan fingerprint density at radius 3 is 2.44 bits per heavy atom. The second kappa shape index (κ2) is 6.43. The molecule has 1 fully saturated rings. The first-order valence-corrected chi connectivity index (χ1v) is 4.83. The number of rotatable bonds is 3. The maximum Gasteiger partial charge on any atom is 0.333 e. The van der Waals surface area contributed by atoms with Crippen LogP contribution in [0.1, 0.15) is 0 Å². The van der Waals surface area contributed by atoms with Gasteiger partial charge in [-0.2, -0.15) is 0 Å². The zero-order valence-corrected chi connectivity index (χ0v) is 10.1. The first-order valence-electron chi connectivity index (χ1n) is 4.83. The van der Waals surface area contributed by atoms with Gasteiger partial charge in [-0.05, 0) is 0 Å². The van der Waals surface area contributed by atoms with Crippen LogP contribution in [0, 0.1) is 0 Å². The van der Waals surface area contributed by atoms with Gasteiger partial charge in [0.05, 0.1) is 6.61 Å². The Hall–Kier alpha value is -0.740. The normalized spacial score (nSPS) is 39.6. The molecule has 1 unspecified atom stereocenters. The highest BCUT2D eigenvalue weighted by Crippen LogP contribution is 2.27. The van der Waals surface area contributed by atoms with Crippen LogP contribution in [0.25, 0.3) is 0 Å². The van der Waals surface area contributed by atoms with Gasteiger partial charge >= 0.3 is 11.9 Å². The molecule has 0 amide bonds. The number of hydrogen-bond donors (Lipinski definition) is 5. The highest BCUT2D eigenvalue weighted by molar-refractivity contribution is 5.85. The van der Waals surface area contributed by atoms with Crippen LogP contribution in [0.3, 0.4) is 0 Å². The van der Waals surface area contributed by atoms with E-state index in [4.69, 9.17) is 15.6 Å². The van der Waals surface area contributed by atoms with Crippen molar-refractivity contribution in [1.29, 1.82) is 0 Å². The van der Waals surface area contributed by atoms with Gasteiger partial charge in [-0.3, -0.25) is 5.73 Å². The number of esters is 1. The van der Waals surface area contributed by atoms with Gasteiger partial charge in [0.15, 0.2) is 6.10 Å². The van der Waals surface area contributed by atoms with Crippen LogP contribution >= 0.6 is 12.4 Å². The molecule has 1 heterocycles. The first-order chi connectivity index (χ1) is 7.85. The second-order valence-electron chi connectivity index (χ2n) is 3.61. The zero-order chi connectivity index (χ0) is 13.2. The number of aliphatic hydroxyl groups excluding tert-OH is 4. The Labute approximate surface area is 109 Å². The van der Waals surface area contributed by atoms with Crippen molar-refractivity contribution in [3.05, 3.63) is 12.7 Å². The van der Waals surface area contributed by atoms with Crippen LogP contribution in [0.5, 0.6) is 0 Å². The summed E-state index contributed by atoms with van der Waals surface area (Å²) in [5, 5.41) is 37.4. The first kappa shape index (κ1) is 17.3. The molecule has 0 aromatic rings. The third kappa shape index (κ3) is 3.18. The molecule has 8 nitrogen and oxygen atoms in total. The van der Waals surface area contributed by atoms with Gasteiger partial charge < -0.3 is 29.9 Å². The number of ether oxygens (including phenoxy) is 2. The highest BCUT2D eigenvalue weighted by atomic mass is 35.5. The van der Waals surface area contributed by atoms with Crippen molar-refractivity contribution in [2.75, 3.05) is 6.61 Å². The van der Waals surface area contributed by atoms with Crippen LogP contribution < -0.4 is 5.73 Å². The summed E-state index contributed by atoms with van der Waals surface area (Å²) in [5.74, 6) is -3.33. The monoisotopic (exact) mass is 285 g/mol. The quantitative estimate of drug-likeness (QED) is 0.213. The van der Waals surface area contributed by atoms with Gasteiger partial charge in [-0.15, -0.1) is 12.4 Å². The van der Waals surface area contributed by atoms with Crippen molar-refractivity contribution in [3.63, 3.8) is 0 Å². The summed E-state index contributed by atoms with van der Waals surface area (Å²) >= 11 is 0. The van der Waals surface area contributed by atoms with Gasteiger partial charge in [-0.25, -0.2) is 4.79 Å². The molecule has 9 heteroatoms. The number of carbonyl (C=O) groups excluding carboxylic acids is 1. The molecule has 18 heavy (non-hydrogen) atoms. The minimum absolute atomic E-state index is 0. The lowest BCUT2D eigenvalue weighted by atomic mass is 9.97. The maximum absolute atomic E-state index is 11.0. The largest absolute Gasteiger partial charge is 0.413 e. The zero-order valence-electron chi connectivity index (χ0n) is 9.30. The van der Waals surface area contributed by atoms with Gasteiger partial charge in [0.1, 0.15) is 18.3 Å². The highest BCUT2D eigenvalue weighted by Gasteiger charge is 2.54. The molecular weight excluding hydrogens is 270 g/mol. The van der Waals surface area contributed by atoms with E-state index in [1.165, 1.54) is 0 Å². The minimum Gasteiger partial charge on any atom is -0.413 e. The predicted molar refractivity (Wildman–Crippen MR) is 60.4 cm³/mol. The standard InChI is InChI=1S/C9H15NO7.ClH/c1-2-5(12)17-9(10)8(15)7(14)6(13)4(3-11)16-9;/h2,4,6-8,11,13-15H,1,3,10H2;1H/t4-,6-,7+,8-,9?;/m1./s1. The SMILES string of the molecule is C=CC(=O)OC1(N)O[C@H](CO)[C@@H](O)[C@H](O)[C@H]1O.Cl. The van der Waals surface area contributed by atoms with Crippen molar-refractivity contribution >= 4 is 18.4 Å². The van der Waals surface area contributed by atoms with Gasteiger partial charge in [-0.1, -0.05) is 6.58 Å². The summed E-state index contributed by atoms with van der Waals surface area (Å²) in [6.45, 7) is 2.46. The fourth-order valence-electron chi connectivity index (χ4n) is 1.45. The molecule has 0 aromatic heterocycles. The van der Waals surface area contributed by atoms with Crippen LogP contribution in [0.2, 0.25) is 0 Å². The van der Waals surface area contributed by atoms with E-state index in [1.807, 2.05) is 0 Å². The molecule has 0 bridgehead atoms. The van der Waals surface area contributed by atoms with Crippen molar-refractivity contribution < 1.29 is 34.7 Å². The molecule has 6 N–H and O–H groups in total. The van der Waals surface area contributed by atoms with Crippen molar-refractivity contribution in [1.82, 2.24) is 0 Å². The molecule has 0 radical (unpaired) electrons. The number of carbonyl (C=O) groups is 1. The van der Waals surface area contributed by atoms with Crippen LogP contribution in [-0.4, -0.2) is 63.3 Å². The van der Waals surface area contributed by atoms with Crippen molar-refractivity contribution in [3.8, 4) is 0 Å². The average molecular weight is 286 g/mol. The van der Waals surface area contributed by atoms with E-state index in [9.17, 15) is 20.1 Å². The maximum atomic E-state index is 11.0. The Balaban J connectivity index is 0.00000289. The van der Waals surface area contributed by atoms with Crippen LogP contribution in [0.15, 0.2) is 12.7 Å². The van der Waals surface area contributed by atoms with Gasteiger partial charge in [0.25, 0.3) is 0 Å². The van der Waals surface area contributed by atoms with E-state index in [1.54, 1.807) is 0 Å². The second-order valence-corrected chi connectivity index (χ2v) is 3.61.